The molecule has 0 spiro atoms. The number of ether oxygens (including phenoxy) is 2. The first-order valence-corrected chi connectivity index (χ1v) is 8.04. The molecule has 0 aliphatic rings. The van der Waals surface area contributed by atoms with Gasteiger partial charge in [0.25, 0.3) is 5.91 Å². The number of nitrogens with two attached hydrogens (primary N) is 1. The molecule has 0 saturated heterocycles. The lowest BCUT2D eigenvalue weighted by atomic mass is 10.1. The second-order valence-corrected chi connectivity index (χ2v) is 6.04. The van der Waals surface area contributed by atoms with Gasteiger partial charge < -0.3 is 20.5 Å². The number of rotatable bonds is 4. The van der Waals surface area contributed by atoms with Gasteiger partial charge in [0.05, 0.1) is 25.6 Å². The predicted molar refractivity (Wildman–Crippen MR) is 96.0 cm³/mol. The van der Waals surface area contributed by atoms with Crippen molar-refractivity contribution in [2.24, 2.45) is 0 Å². The first kappa shape index (κ1) is 16.1. The molecule has 24 heavy (non-hydrogen) atoms. The van der Waals surface area contributed by atoms with Crippen LogP contribution in [0.15, 0.2) is 30.3 Å². The van der Waals surface area contributed by atoms with Crippen LogP contribution in [0.4, 0.5) is 5.69 Å². The van der Waals surface area contributed by atoms with E-state index in [0.717, 1.165) is 21.5 Å². The Morgan fingerprint density at radius 3 is 2.58 bits per heavy atom. The van der Waals surface area contributed by atoms with Gasteiger partial charge in [-0.1, -0.05) is 0 Å². The van der Waals surface area contributed by atoms with Gasteiger partial charge in [-0.15, -0.1) is 11.3 Å². The second kappa shape index (κ2) is 6.37. The minimum absolute atomic E-state index is 0.205. The molecule has 1 aromatic carbocycles. The van der Waals surface area contributed by atoms with E-state index in [-0.39, 0.29) is 5.91 Å². The van der Waals surface area contributed by atoms with E-state index in [9.17, 15) is 4.79 Å². The topological polar surface area (TPSA) is 86.5 Å². The molecule has 0 bridgehead atoms. The zero-order chi connectivity index (χ0) is 17.3. The normalized spacial score (nSPS) is 10.6. The van der Waals surface area contributed by atoms with E-state index in [1.807, 2.05) is 30.3 Å². The molecule has 3 aromatic rings. The zero-order valence-corrected chi connectivity index (χ0v) is 14.4. The summed E-state index contributed by atoms with van der Waals surface area (Å²) in [7, 11) is 4.76. The van der Waals surface area contributed by atoms with E-state index in [1.165, 1.54) is 11.3 Å². The maximum absolute atomic E-state index is 11.9. The standard InChI is InChI=1S/C17H17N3O3S/c1-19-16(21)15-14(18)10-5-6-11(20-17(10)24-15)9-4-7-12(22-2)13(8-9)23-3/h4-8H,18H2,1-3H3,(H,19,21). The molecule has 0 aliphatic heterocycles. The summed E-state index contributed by atoms with van der Waals surface area (Å²) in [5.74, 6) is 1.08. The first-order valence-electron chi connectivity index (χ1n) is 7.22. The highest BCUT2D eigenvalue weighted by Crippen LogP contribution is 2.36. The smallest absolute Gasteiger partial charge is 0.263 e. The number of carbonyl (C=O) groups is 1. The van der Waals surface area contributed by atoms with Crippen LogP contribution in [0.2, 0.25) is 0 Å². The number of carbonyl (C=O) groups excluding carboxylic acids is 1. The number of methoxy groups -OCH3 is 2. The molecule has 0 fully saturated rings. The van der Waals surface area contributed by atoms with Gasteiger partial charge in [-0.05, 0) is 30.3 Å². The Labute approximate surface area is 143 Å². The molecule has 0 atom stereocenters. The fourth-order valence-corrected chi connectivity index (χ4v) is 3.48. The van der Waals surface area contributed by atoms with Crippen molar-refractivity contribution in [3.05, 3.63) is 35.2 Å². The highest BCUT2D eigenvalue weighted by molar-refractivity contribution is 7.21. The van der Waals surface area contributed by atoms with Crippen LogP contribution in [0.25, 0.3) is 21.5 Å². The lowest BCUT2D eigenvalue weighted by molar-refractivity contribution is 0.0968. The SMILES string of the molecule is CNC(=O)c1sc2nc(-c3ccc(OC)c(OC)c3)ccc2c1N. The molecule has 0 unspecified atom stereocenters. The monoisotopic (exact) mass is 343 g/mol. The number of aromatic nitrogens is 1. The van der Waals surface area contributed by atoms with Crippen LogP contribution in [-0.4, -0.2) is 32.2 Å². The molecule has 124 valence electrons. The highest BCUT2D eigenvalue weighted by atomic mass is 32.1. The third-order valence-electron chi connectivity index (χ3n) is 3.71. The van der Waals surface area contributed by atoms with Crippen molar-refractivity contribution in [1.82, 2.24) is 10.3 Å². The number of nitrogens with zero attached hydrogens (tertiary/aromatic N) is 1. The number of hydrogen-bond acceptors (Lipinski definition) is 6. The molecular formula is C17H17N3O3S. The average molecular weight is 343 g/mol. The molecule has 0 aliphatic carbocycles. The van der Waals surface area contributed by atoms with Crippen molar-refractivity contribution >= 4 is 33.1 Å². The molecule has 2 aromatic heterocycles. The fraction of sp³-hybridized carbons (Fsp3) is 0.176. The van der Waals surface area contributed by atoms with Gasteiger partial charge in [-0.2, -0.15) is 0 Å². The third-order valence-corrected chi connectivity index (χ3v) is 4.82. The maximum atomic E-state index is 11.9. The van der Waals surface area contributed by atoms with Crippen LogP contribution < -0.4 is 20.5 Å². The molecule has 0 saturated carbocycles. The molecular weight excluding hydrogens is 326 g/mol. The number of benzene rings is 1. The Morgan fingerprint density at radius 1 is 1.17 bits per heavy atom. The minimum Gasteiger partial charge on any atom is -0.493 e. The number of amides is 1. The Kier molecular flexibility index (Phi) is 4.26. The summed E-state index contributed by atoms with van der Waals surface area (Å²) in [6, 6.07) is 9.36. The Balaban J connectivity index is 2.10. The van der Waals surface area contributed by atoms with Gasteiger partial charge in [0.15, 0.2) is 11.5 Å². The number of nitrogens with one attached hydrogen (secondary N) is 1. The maximum Gasteiger partial charge on any atom is 0.263 e. The summed E-state index contributed by atoms with van der Waals surface area (Å²) in [5.41, 5.74) is 8.18. The summed E-state index contributed by atoms with van der Waals surface area (Å²) in [4.78, 5) is 17.7. The van der Waals surface area contributed by atoms with Crippen LogP contribution in [0.1, 0.15) is 9.67 Å². The van der Waals surface area contributed by atoms with E-state index < -0.39 is 0 Å². The number of fused-ring (bicyclic) bond motifs is 1. The van der Waals surface area contributed by atoms with Crippen molar-refractivity contribution in [2.75, 3.05) is 27.0 Å². The lowest BCUT2D eigenvalue weighted by Crippen LogP contribution is -2.17. The van der Waals surface area contributed by atoms with E-state index in [4.69, 9.17) is 15.2 Å². The van der Waals surface area contributed by atoms with Crippen LogP contribution in [0.5, 0.6) is 11.5 Å². The van der Waals surface area contributed by atoms with Gasteiger partial charge in [0.2, 0.25) is 0 Å². The van der Waals surface area contributed by atoms with E-state index in [0.29, 0.717) is 22.1 Å². The molecule has 3 rings (SSSR count). The summed E-state index contributed by atoms with van der Waals surface area (Å²) in [5, 5.41) is 3.37. The quantitative estimate of drug-likeness (QED) is 0.761. The predicted octanol–water partition coefficient (Wildman–Crippen LogP) is 2.92. The molecule has 0 radical (unpaired) electrons. The summed E-state index contributed by atoms with van der Waals surface area (Å²) in [6.45, 7) is 0. The van der Waals surface area contributed by atoms with Crippen molar-refractivity contribution in [3.63, 3.8) is 0 Å². The van der Waals surface area contributed by atoms with Gasteiger partial charge >= 0.3 is 0 Å². The van der Waals surface area contributed by atoms with Crippen molar-refractivity contribution < 1.29 is 14.3 Å². The second-order valence-electron chi connectivity index (χ2n) is 5.04. The van der Waals surface area contributed by atoms with Crippen LogP contribution >= 0.6 is 11.3 Å². The van der Waals surface area contributed by atoms with Crippen molar-refractivity contribution in [3.8, 4) is 22.8 Å². The van der Waals surface area contributed by atoms with Gasteiger partial charge in [0, 0.05) is 18.0 Å². The van der Waals surface area contributed by atoms with Crippen molar-refractivity contribution in [2.45, 2.75) is 0 Å². The van der Waals surface area contributed by atoms with Crippen LogP contribution in [-0.2, 0) is 0 Å². The summed E-state index contributed by atoms with van der Waals surface area (Å²) < 4.78 is 10.6. The summed E-state index contributed by atoms with van der Waals surface area (Å²) >= 11 is 1.28. The van der Waals surface area contributed by atoms with Crippen LogP contribution in [0.3, 0.4) is 0 Å². The Hall–Kier alpha value is -2.80. The largest absolute Gasteiger partial charge is 0.493 e. The highest BCUT2D eigenvalue weighted by Gasteiger charge is 2.17. The van der Waals surface area contributed by atoms with Gasteiger partial charge in [0.1, 0.15) is 9.71 Å². The number of anilines is 1. The summed E-state index contributed by atoms with van der Waals surface area (Å²) in [6.07, 6.45) is 0. The number of pyridine rings is 1. The zero-order valence-electron chi connectivity index (χ0n) is 13.5. The lowest BCUT2D eigenvalue weighted by Gasteiger charge is -2.09. The van der Waals surface area contributed by atoms with Crippen molar-refractivity contribution in [1.29, 1.82) is 0 Å². The first-order chi connectivity index (χ1) is 11.6. The molecule has 6 nitrogen and oxygen atoms in total. The molecule has 3 N–H and O–H groups in total. The molecule has 7 heteroatoms. The molecule has 1 amide bonds. The van der Waals surface area contributed by atoms with Gasteiger partial charge in [-0.3, -0.25) is 4.79 Å². The third kappa shape index (κ3) is 2.63. The number of thiophene rings is 1. The van der Waals surface area contributed by atoms with Gasteiger partial charge in [-0.25, -0.2) is 4.98 Å². The average Bonchev–Trinajstić information content (AvgIpc) is 2.96. The van der Waals surface area contributed by atoms with E-state index in [1.54, 1.807) is 21.3 Å². The molecule has 2 heterocycles. The minimum atomic E-state index is -0.205. The van der Waals surface area contributed by atoms with E-state index >= 15 is 0 Å². The Bertz CT molecular complexity index is 921. The number of hydrogen-bond donors (Lipinski definition) is 2. The van der Waals surface area contributed by atoms with E-state index in [2.05, 4.69) is 10.3 Å². The Morgan fingerprint density at radius 2 is 1.92 bits per heavy atom. The number of nitrogen functional groups attached to an aromatic ring is 1. The fourth-order valence-electron chi connectivity index (χ4n) is 2.44. The van der Waals surface area contributed by atoms with Crippen LogP contribution in [0, 0.1) is 0 Å².